The molecule has 0 saturated carbocycles. The third-order valence-electron chi connectivity index (χ3n) is 9.74. The Balaban J connectivity index is 0.000000306. The quantitative estimate of drug-likeness (QED) is 0.198. The maximum atomic E-state index is 13.3. The Kier molecular flexibility index (Phi) is 24.5. The molecule has 0 bridgehead atoms. The Morgan fingerprint density at radius 1 is 0.631 bits per heavy atom. The largest absolute Gasteiger partial charge is 0.495 e. The van der Waals surface area contributed by atoms with Gasteiger partial charge in [-0.1, -0.05) is 11.8 Å². The molecule has 0 aromatic heterocycles. The number of hydrogen-bond acceptors (Lipinski definition) is 15. The molecule has 3 saturated heterocycles. The second kappa shape index (κ2) is 28.0. The van der Waals surface area contributed by atoms with Crippen molar-refractivity contribution in [3.8, 4) is 41.9 Å². The molecule has 4 N–H and O–H groups in total. The van der Waals surface area contributed by atoms with Gasteiger partial charge in [0.1, 0.15) is 5.75 Å². The molecule has 0 amide bonds. The van der Waals surface area contributed by atoms with Gasteiger partial charge in [-0.05, 0) is 57.5 Å². The number of terminal acetylenes is 2. The standard InChI is InChI=1S/C15H21N3O3S.C12H17FN2O3S.C7H6ClFO3S.C5H12N2.C3H5N/c1-4-7-16-14-6-5-13(12-15(14)21-3)22(19,20)18-10-8-17(2)9-11-18;1-14-5-7-15(8-6-14)19(16,17)10-3-4-11(13)12(9-10)18-2;1-12-7-4-5(13(8,10)11)2-3-6(7)9;1-7-4-2-6-3-5-7;1-2-3-4/h1,5-6,12,16H,7-11H2,2-3H3;3-4,9H,5-8H2,1-2H3;2-4H,1H3;6H,2-5H2,1H3;1H,3-4H2. The van der Waals surface area contributed by atoms with Gasteiger partial charge in [0.2, 0.25) is 20.0 Å². The topological polar surface area (TPSA) is 196 Å². The summed E-state index contributed by atoms with van der Waals surface area (Å²) in [5.41, 5.74) is 5.47. The number of hydrogen-bond donors (Lipinski definition) is 3. The Bertz CT molecular complexity index is 2370. The van der Waals surface area contributed by atoms with Crippen molar-refractivity contribution in [2.45, 2.75) is 14.7 Å². The van der Waals surface area contributed by atoms with Crippen LogP contribution < -0.4 is 30.6 Å². The summed E-state index contributed by atoms with van der Waals surface area (Å²) in [7, 11) is 4.28. The van der Waals surface area contributed by atoms with E-state index in [4.69, 9.17) is 32.3 Å². The van der Waals surface area contributed by atoms with Crippen molar-refractivity contribution in [3.05, 3.63) is 66.2 Å². The lowest BCUT2D eigenvalue weighted by Crippen LogP contribution is -2.47. The summed E-state index contributed by atoms with van der Waals surface area (Å²) in [6.45, 7) is 10.2. The number of anilines is 1. The molecular formula is C42H61ClF2N8O9S3. The number of halogens is 3. The summed E-state index contributed by atoms with van der Waals surface area (Å²) in [6.07, 6.45) is 9.87. The molecule has 0 unspecified atom stereocenters. The van der Waals surface area contributed by atoms with Crippen molar-refractivity contribution in [2.75, 3.05) is 139 Å². The van der Waals surface area contributed by atoms with E-state index in [9.17, 15) is 34.0 Å². The van der Waals surface area contributed by atoms with Gasteiger partial charge in [0, 0.05) is 107 Å². The van der Waals surface area contributed by atoms with Crippen molar-refractivity contribution < 1.29 is 48.2 Å². The molecule has 0 spiro atoms. The van der Waals surface area contributed by atoms with E-state index < -0.39 is 40.7 Å². The summed E-state index contributed by atoms with van der Waals surface area (Å²) in [5.74, 6) is 3.73. The first-order chi connectivity index (χ1) is 30.7. The number of rotatable bonds is 10. The van der Waals surface area contributed by atoms with Crippen LogP contribution >= 0.6 is 10.7 Å². The maximum Gasteiger partial charge on any atom is 0.261 e. The monoisotopic (exact) mass is 990 g/mol. The number of nitrogens with two attached hydrogens (primary N) is 1. The zero-order chi connectivity index (χ0) is 48.8. The van der Waals surface area contributed by atoms with Crippen LogP contribution in [0.3, 0.4) is 0 Å². The van der Waals surface area contributed by atoms with Gasteiger partial charge >= 0.3 is 0 Å². The molecule has 65 heavy (non-hydrogen) atoms. The molecule has 0 radical (unpaired) electrons. The number of nitrogens with zero attached hydrogens (tertiary/aromatic N) is 5. The molecule has 17 nitrogen and oxygen atoms in total. The highest BCUT2D eigenvalue weighted by Gasteiger charge is 2.29. The fraction of sp³-hybridized carbons (Fsp3) is 0.476. The maximum absolute atomic E-state index is 13.3. The highest BCUT2D eigenvalue weighted by atomic mass is 35.7. The van der Waals surface area contributed by atoms with E-state index in [-0.39, 0.29) is 26.2 Å². The van der Waals surface area contributed by atoms with Crippen LogP contribution in [0.1, 0.15) is 0 Å². The van der Waals surface area contributed by atoms with Gasteiger partial charge in [-0.15, -0.1) is 12.8 Å². The minimum atomic E-state index is -3.83. The highest BCUT2D eigenvalue weighted by molar-refractivity contribution is 8.13. The van der Waals surface area contributed by atoms with Crippen LogP contribution in [0.5, 0.6) is 17.2 Å². The molecule has 362 valence electrons. The number of sulfonamides is 2. The predicted octanol–water partition coefficient (Wildman–Crippen LogP) is 2.31. The lowest BCUT2D eigenvalue weighted by atomic mass is 10.3. The molecule has 6 rings (SSSR count). The summed E-state index contributed by atoms with van der Waals surface area (Å²) < 4.78 is 115. The number of nitrogens with one attached hydrogen (secondary N) is 2. The Hall–Kier alpha value is -4.30. The molecule has 3 fully saturated rings. The third kappa shape index (κ3) is 18.5. The number of ether oxygens (including phenoxy) is 3. The van der Waals surface area contributed by atoms with E-state index >= 15 is 0 Å². The Morgan fingerprint density at radius 3 is 1.35 bits per heavy atom. The van der Waals surface area contributed by atoms with Crippen LogP contribution in [0.25, 0.3) is 0 Å². The van der Waals surface area contributed by atoms with Gasteiger partial charge in [0.05, 0.1) is 54.8 Å². The Morgan fingerprint density at radius 2 is 1.00 bits per heavy atom. The average Bonchev–Trinajstić information content (AvgIpc) is 3.29. The summed E-state index contributed by atoms with van der Waals surface area (Å²) >= 11 is 0. The van der Waals surface area contributed by atoms with Crippen molar-refractivity contribution in [3.63, 3.8) is 0 Å². The van der Waals surface area contributed by atoms with E-state index in [0.29, 0.717) is 63.8 Å². The van der Waals surface area contributed by atoms with E-state index in [1.165, 1.54) is 61.2 Å². The highest BCUT2D eigenvalue weighted by Crippen LogP contribution is 2.30. The lowest BCUT2D eigenvalue weighted by Gasteiger charge is -2.31. The smallest absolute Gasteiger partial charge is 0.261 e. The van der Waals surface area contributed by atoms with Gasteiger partial charge in [0.15, 0.2) is 23.1 Å². The van der Waals surface area contributed by atoms with E-state index in [0.717, 1.165) is 50.4 Å². The van der Waals surface area contributed by atoms with Crippen LogP contribution in [-0.4, -0.2) is 183 Å². The van der Waals surface area contributed by atoms with Gasteiger partial charge in [-0.3, -0.25) is 0 Å². The van der Waals surface area contributed by atoms with Crippen LogP contribution in [0.15, 0.2) is 69.3 Å². The molecule has 0 atom stereocenters. The van der Waals surface area contributed by atoms with Crippen molar-refractivity contribution >= 4 is 45.5 Å². The normalized spacial score (nSPS) is 16.4. The minimum absolute atomic E-state index is 0.0600. The third-order valence-corrected chi connectivity index (χ3v) is 14.9. The minimum Gasteiger partial charge on any atom is -0.495 e. The number of likely N-dealkylation sites (N-methyl/N-ethyl adjacent to an activating group) is 3. The summed E-state index contributed by atoms with van der Waals surface area (Å²) in [6, 6.07) is 11.5. The van der Waals surface area contributed by atoms with Crippen LogP contribution in [0.4, 0.5) is 14.5 Å². The molecule has 3 aliphatic heterocycles. The molecule has 23 heteroatoms. The first kappa shape index (κ1) is 56.8. The van der Waals surface area contributed by atoms with Gasteiger partial charge in [0.25, 0.3) is 9.05 Å². The van der Waals surface area contributed by atoms with E-state index in [1.807, 2.05) is 14.1 Å². The molecule has 3 aromatic rings. The van der Waals surface area contributed by atoms with Gasteiger partial charge in [-0.25, -0.2) is 34.0 Å². The number of benzene rings is 3. The summed E-state index contributed by atoms with van der Waals surface area (Å²) in [4.78, 5) is 6.62. The number of methoxy groups -OCH3 is 3. The molecule has 3 aromatic carbocycles. The van der Waals surface area contributed by atoms with Crippen molar-refractivity contribution in [2.24, 2.45) is 5.73 Å². The molecule has 3 aliphatic rings. The van der Waals surface area contributed by atoms with Crippen LogP contribution in [-0.2, 0) is 29.1 Å². The first-order valence-electron chi connectivity index (χ1n) is 20.1. The zero-order valence-corrected chi connectivity index (χ0v) is 40.8. The van der Waals surface area contributed by atoms with Gasteiger partial charge < -0.3 is 45.3 Å². The lowest BCUT2D eigenvalue weighted by molar-refractivity contribution is 0.222. The molecule has 3 heterocycles. The molecular weight excluding hydrogens is 930 g/mol. The number of piperazine rings is 3. The zero-order valence-electron chi connectivity index (χ0n) is 37.6. The fourth-order valence-electron chi connectivity index (χ4n) is 5.85. The first-order valence-corrected chi connectivity index (χ1v) is 25.3. The fourth-order valence-corrected chi connectivity index (χ4v) is 9.49. The van der Waals surface area contributed by atoms with Crippen LogP contribution in [0, 0.1) is 36.3 Å². The average molecular weight is 992 g/mol. The predicted molar refractivity (Wildman–Crippen MR) is 250 cm³/mol. The van der Waals surface area contributed by atoms with Crippen molar-refractivity contribution in [1.29, 1.82) is 0 Å². The van der Waals surface area contributed by atoms with E-state index in [1.54, 1.807) is 12.1 Å². The van der Waals surface area contributed by atoms with E-state index in [2.05, 4.69) is 55.4 Å². The van der Waals surface area contributed by atoms with Crippen LogP contribution in [0.2, 0.25) is 0 Å². The van der Waals surface area contributed by atoms with Gasteiger partial charge in [-0.2, -0.15) is 8.61 Å². The molecule has 0 aliphatic carbocycles. The SMILES string of the molecule is C#CCN.C#CCNc1ccc(S(=O)(=O)N2CCN(C)CC2)cc1OC.CN1CCNCC1.COc1cc(S(=O)(=O)Cl)ccc1F.COc1cc(S(=O)(=O)N2CCN(C)CC2)ccc1F. The second-order valence-electron chi connectivity index (χ2n) is 14.3. The summed E-state index contributed by atoms with van der Waals surface area (Å²) in [5, 5.41) is 6.28. The second-order valence-corrected chi connectivity index (χ2v) is 20.8. The van der Waals surface area contributed by atoms with Crippen molar-refractivity contribution in [1.82, 2.24) is 28.6 Å². The Labute approximate surface area is 388 Å².